The number of amides is 1. The van der Waals surface area contributed by atoms with Crippen LogP contribution in [0.15, 0.2) is 12.1 Å². The predicted octanol–water partition coefficient (Wildman–Crippen LogP) is 1.31. The average molecular weight is 188 g/mol. The molecule has 1 amide bonds. The Labute approximate surface area is 73.4 Å². The summed E-state index contributed by atoms with van der Waals surface area (Å²) < 4.78 is 0. The van der Waals surface area contributed by atoms with Gasteiger partial charge in [-0.3, -0.25) is 5.32 Å². The Balaban J connectivity index is 2.71. The Hall–Kier alpha value is -1.36. The molecule has 1 aromatic rings. The zero-order valence-electron chi connectivity index (χ0n) is 5.99. The Kier molecular flexibility index (Phi) is 2.82. The van der Waals surface area contributed by atoms with Gasteiger partial charge in [-0.2, -0.15) is 5.10 Å². The van der Waals surface area contributed by atoms with Gasteiger partial charge in [0.15, 0.2) is 5.82 Å². The first-order chi connectivity index (χ1) is 5.72. The van der Waals surface area contributed by atoms with Crippen molar-refractivity contribution in [1.82, 2.24) is 10.2 Å². The standard InChI is InChI=1S/C6H6ClN3O2/c7-3-4-1-2-5(10-9-4)8-6(11)12/h1-2H,3H2,(H,8,10)(H,11,12). The molecule has 1 heterocycles. The van der Waals surface area contributed by atoms with Gasteiger partial charge in [0.1, 0.15) is 0 Å². The lowest BCUT2D eigenvalue weighted by molar-refractivity contribution is 0.209. The van der Waals surface area contributed by atoms with E-state index in [1.54, 1.807) is 6.07 Å². The number of alkyl halides is 1. The number of rotatable bonds is 2. The van der Waals surface area contributed by atoms with Crippen LogP contribution >= 0.6 is 11.6 Å². The molecule has 0 spiro atoms. The summed E-state index contributed by atoms with van der Waals surface area (Å²) in [5.74, 6) is 0.455. The normalized spacial score (nSPS) is 9.42. The largest absolute Gasteiger partial charge is 0.465 e. The fourth-order valence-electron chi connectivity index (χ4n) is 0.607. The predicted molar refractivity (Wildman–Crippen MR) is 43.2 cm³/mol. The molecule has 0 aromatic carbocycles. The van der Waals surface area contributed by atoms with Crippen molar-refractivity contribution >= 4 is 23.5 Å². The van der Waals surface area contributed by atoms with Crippen LogP contribution in [0.4, 0.5) is 10.6 Å². The van der Waals surface area contributed by atoms with E-state index in [9.17, 15) is 4.79 Å². The van der Waals surface area contributed by atoms with Crippen molar-refractivity contribution in [3.05, 3.63) is 17.8 Å². The maximum atomic E-state index is 10.1. The number of carboxylic acid groups (broad SMARTS) is 1. The lowest BCUT2D eigenvalue weighted by atomic mass is 10.4. The molecule has 64 valence electrons. The van der Waals surface area contributed by atoms with Gasteiger partial charge in [0, 0.05) is 0 Å². The van der Waals surface area contributed by atoms with Crippen molar-refractivity contribution < 1.29 is 9.90 Å². The number of halogens is 1. The van der Waals surface area contributed by atoms with Crippen molar-refractivity contribution in [2.24, 2.45) is 0 Å². The summed E-state index contributed by atoms with van der Waals surface area (Å²) in [4.78, 5) is 10.1. The van der Waals surface area contributed by atoms with Gasteiger partial charge >= 0.3 is 6.09 Å². The lowest BCUT2D eigenvalue weighted by Crippen LogP contribution is -2.09. The first kappa shape index (κ1) is 8.73. The highest BCUT2D eigenvalue weighted by Crippen LogP contribution is 2.03. The van der Waals surface area contributed by atoms with E-state index in [0.717, 1.165) is 0 Å². The molecule has 0 aliphatic rings. The number of carbonyl (C=O) groups is 1. The zero-order chi connectivity index (χ0) is 8.97. The minimum Gasteiger partial charge on any atom is -0.465 e. The van der Waals surface area contributed by atoms with E-state index < -0.39 is 6.09 Å². The first-order valence-electron chi connectivity index (χ1n) is 3.11. The molecule has 6 heteroatoms. The molecule has 1 aromatic heterocycles. The summed E-state index contributed by atoms with van der Waals surface area (Å²) in [5, 5.41) is 17.6. The van der Waals surface area contributed by atoms with Gasteiger partial charge < -0.3 is 5.11 Å². The molecule has 2 N–H and O–H groups in total. The Bertz CT molecular complexity index is 275. The Morgan fingerprint density at radius 2 is 2.33 bits per heavy atom. The van der Waals surface area contributed by atoms with E-state index in [0.29, 0.717) is 5.69 Å². The van der Waals surface area contributed by atoms with Crippen LogP contribution in [0.5, 0.6) is 0 Å². The molecule has 0 unspecified atom stereocenters. The maximum absolute atomic E-state index is 10.1. The second kappa shape index (κ2) is 3.87. The monoisotopic (exact) mass is 187 g/mol. The Morgan fingerprint density at radius 1 is 1.58 bits per heavy atom. The highest BCUT2D eigenvalue weighted by Gasteiger charge is 1.99. The van der Waals surface area contributed by atoms with Gasteiger partial charge in [-0.1, -0.05) is 0 Å². The highest BCUT2D eigenvalue weighted by molar-refractivity contribution is 6.16. The van der Waals surface area contributed by atoms with Gasteiger partial charge in [-0.05, 0) is 12.1 Å². The SMILES string of the molecule is O=C(O)Nc1ccc(CCl)nn1. The van der Waals surface area contributed by atoms with Crippen molar-refractivity contribution in [2.45, 2.75) is 5.88 Å². The van der Waals surface area contributed by atoms with Crippen LogP contribution in [0.3, 0.4) is 0 Å². The molecule has 0 saturated heterocycles. The maximum Gasteiger partial charge on any atom is 0.410 e. The minimum absolute atomic E-state index is 0.191. The molecule has 0 atom stereocenters. The molecule has 0 radical (unpaired) electrons. The van der Waals surface area contributed by atoms with Gasteiger partial charge in [0.05, 0.1) is 11.6 Å². The second-order valence-corrected chi connectivity index (χ2v) is 2.24. The number of anilines is 1. The zero-order valence-corrected chi connectivity index (χ0v) is 6.75. The fourth-order valence-corrected chi connectivity index (χ4v) is 0.750. The van der Waals surface area contributed by atoms with Crippen LogP contribution < -0.4 is 5.32 Å². The summed E-state index contributed by atoms with van der Waals surface area (Å²) in [6.07, 6.45) is -1.16. The molecule has 0 fully saturated rings. The average Bonchev–Trinajstić information content (AvgIpc) is 2.05. The summed E-state index contributed by atoms with van der Waals surface area (Å²) >= 11 is 5.45. The molecule has 5 nitrogen and oxygen atoms in total. The van der Waals surface area contributed by atoms with Crippen molar-refractivity contribution in [3.63, 3.8) is 0 Å². The quantitative estimate of drug-likeness (QED) is 0.685. The highest BCUT2D eigenvalue weighted by atomic mass is 35.5. The lowest BCUT2D eigenvalue weighted by Gasteiger charge is -1.97. The van der Waals surface area contributed by atoms with E-state index in [2.05, 4.69) is 15.5 Å². The third-order valence-electron chi connectivity index (χ3n) is 1.09. The van der Waals surface area contributed by atoms with Gasteiger partial charge in [0.25, 0.3) is 0 Å². The first-order valence-corrected chi connectivity index (χ1v) is 3.64. The van der Waals surface area contributed by atoms with Crippen LogP contribution in [-0.2, 0) is 5.88 Å². The number of hydrogen-bond acceptors (Lipinski definition) is 3. The molecule has 0 aliphatic carbocycles. The van der Waals surface area contributed by atoms with E-state index in [1.165, 1.54) is 6.07 Å². The second-order valence-electron chi connectivity index (χ2n) is 1.97. The van der Waals surface area contributed by atoms with Crippen LogP contribution in [-0.4, -0.2) is 21.4 Å². The van der Waals surface area contributed by atoms with Gasteiger partial charge in [-0.15, -0.1) is 16.7 Å². The molecular formula is C6H6ClN3O2. The molecule has 12 heavy (non-hydrogen) atoms. The molecule has 0 aliphatic heterocycles. The number of hydrogen-bond donors (Lipinski definition) is 2. The third kappa shape index (κ3) is 2.35. The topological polar surface area (TPSA) is 75.1 Å². The number of aromatic nitrogens is 2. The van der Waals surface area contributed by atoms with Crippen molar-refractivity contribution in [1.29, 1.82) is 0 Å². The minimum atomic E-state index is -1.16. The van der Waals surface area contributed by atoms with E-state index >= 15 is 0 Å². The number of nitrogens with one attached hydrogen (secondary N) is 1. The van der Waals surface area contributed by atoms with E-state index in [-0.39, 0.29) is 11.7 Å². The summed E-state index contributed by atoms with van der Waals surface area (Å²) in [7, 11) is 0. The van der Waals surface area contributed by atoms with Crippen LogP contribution in [0.1, 0.15) is 5.69 Å². The van der Waals surface area contributed by atoms with E-state index in [4.69, 9.17) is 16.7 Å². The Morgan fingerprint density at radius 3 is 2.75 bits per heavy atom. The summed E-state index contributed by atoms with van der Waals surface area (Å²) in [6.45, 7) is 0. The smallest absolute Gasteiger partial charge is 0.410 e. The van der Waals surface area contributed by atoms with Crippen molar-refractivity contribution in [2.75, 3.05) is 5.32 Å². The van der Waals surface area contributed by atoms with E-state index in [1.807, 2.05) is 0 Å². The van der Waals surface area contributed by atoms with Crippen molar-refractivity contribution in [3.8, 4) is 0 Å². The molecular weight excluding hydrogens is 182 g/mol. The fraction of sp³-hybridized carbons (Fsp3) is 0.167. The van der Waals surface area contributed by atoms with Crippen LogP contribution in [0.2, 0.25) is 0 Å². The summed E-state index contributed by atoms with van der Waals surface area (Å²) in [5.41, 5.74) is 0.604. The number of nitrogens with zero attached hydrogens (tertiary/aromatic N) is 2. The van der Waals surface area contributed by atoms with Gasteiger partial charge in [0.2, 0.25) is 0 Å². The summed E-state index contributed by atoms with van der Waals surface area (Å²) in [6, 6.07) is 3.10. The molecule has 1 rings (SSSR count). The van der Waals surface area contributed by atoms with Crippen LogP contribution in [0.25, 0.3) is 0 Å². The van der Waals surface area contributed by atoms with Gasteiger partial charge in [-0.25, -0.2) is 4.79 Å². The molecule has 0 bridgehead atoms. The molecule has 0 saturated carbocycles. The van der Waals surface area contributed by atoms with Crippen LogP contribution in [0, 0.1) is 0 Å². The third-order valence-corrected chi connectivity index (χ3v) is 1.37.